The van der Waals surface area contributed by atoms with Gasteiger partial charge in [0.05, 0.1) is 5.69 Å². The molecule has 84 valence electrons. The quantitative estimate of drug-likeness (QED) is 0.801. The third-order valence-electron chi connectivity index (χ3n) is 3.21. The monoisotopic (exact) mass is 210 g/mol. The van der Waals surface area contributed by atoms with E-state index in [9.17, 15) is 5.11 Å². The SMILES string of the molecule is Cn1ccc(CC2(CO)CCOCC2)n1. The van der Waals surface area contributed by atoms with Crippen LogP contribution < -0.4 is 0 Å². The number of hydrogen-bond acceptors (Lipinski definition) is 3. The maximum atomic E-state index is 9.52. The van der Waals surface area contributed by atoms with Crippen LogP contribution in [0.25, 0.3) is 0 Å². The maximum Gasteiger partial charge on any atom is 0.0630 e. The van der Waals surface area contributed by atoms with Crippen LogP contribution in [0.5, 0.6) is 0 Å². The van der Waals surface area contributed by atoms with Crippen LogP contribution in [-0.4, -0.2) is 34.7 Å². The summed E-state index contributed by atoms with van der Waals surface area (Å²) in [6, 6.07) is 2.02. The highest BCUT2D eigenvalue weighted by molar-refractivity contribution is 5.03. The van der Waals surface area contributed by atoms with Gasteiger partial charge in [-0.25, -0.2) is 0 Å². The second kappa shape index (κ2) is 4.33. The molecule has 0 atom stereocenters. The number of ether oxygens (including phenoxy) is 1. The third-order valence-corrected chi connectivity index (χ3v) is 3.21. The summed E-state index contributed by atoms with van der Waals surface area (Å²) >= 11 is 0. The zero-order valence-corrected chi connectivity index (χ0v) is 9.15. The van der Waals surface area contributed by atoms with Crippen molar-refractivity contribution in [2.24, 2.45) is 12.5 Å². The summed E-state index contributed by atoms with van der Waals surface area (Å²) in [5.41, 5.74) is 1.06. The average Bonchev–Trinajstić information content (AvgIpc) is 2.65. The Hall–Kier alpha value is -0.870. The largest absolute Gasteiger partial charge is 0.396 e. The van der Waals surface area contributed by atoms with Crippen molar-refractivity contribution in [3.63, 3.8) is 0 Å². The Morgan fingerprint density at radius 2 is 2.27 bits per heavy atom. The van der Waals surface area contributed by atoms with Crippen molar-refractivity contribution in [3.8, 4) is 0 Å². The van der Waals surface area contributed by atoms with E-state index in [0.717, 1.165) is 38.2 Å². The fourth-order valence-electron chi connectivity index (χ4n) is 2.14. The maximum absolute atomic E-state index is 9.52. The average molecular weight is 210 g/mol. The van der Waals surface area contributed by atoms with E-state index in [-0.39, 0.29) is 12.0 Å². The predicted molar refractivity (Wildman–Crippen MR) is 56.5 cm³/mol. The molecule has 1 saturated heterocycles. The Bertz CT molecular complexity index is 316. The fraction of sp³-hybridized carbons (Fsp3) is 0.727. The lowest BCUT2D eigenvalue weighted by molar-refractivity contribution is -0.0162. The van der Waals surface area contributed by atoms with E-state index in [4.69, 9.17) is 4.74 Å². The van der Waals surface area contributed by atoms with Gasteiger partial charge in [-0.05, 0) is 25.3 Å². The van der Waals surface area contributed by atoms with Crippen molar-refractivity contribution >= 4 is 0 Å². The van der Waals surface area contributed by atoms with Crippen LogP contribution in [0, 0.1) is 5.41 Å². The molecule has 0 saturated carbocycles. The topological polar surface area (TPSA) is 47.3 Å². The molecule has 1 N–H and O–H groups in total. The molecular formula is C11H18N2O2. The van der Waals surface area contributed by atoms with Crippen molar-refractivity contribution in [3.05, 3.63) is 18.0 Å². The molecule has 1 fully saturated rings. The van der Waals surface area contributed by atoms with Gasteiger partial charge in [0.1, 0.15) is 0 Å². The van der Waals surface area contributed by atoms with Gasteiger partial charge in [-0.1, -0.05) is 0 Å². The zero-order chi connectivity index (χ0) is 10.7. The van der Waals surface area contributed by atoms with E-state index >= 15 is 0 Å². The van der Waals surface area contributed by atoms with E-state index in [0.29, 0.717) is 0 Å². The Kier molecular flexibility index (Phi) is 3.07. The molecule has 4 heteroatoms. The van der Waals surface area contributed by atoms with Gasteiger partial charge in [0.2, 0.25) is 0 Å². The highest BCUT2D eigenvalue weighted by Crippen LogP contribution is 2.33. The molecule has 0 aliphatic carbocycles. The van der Waals surface area contributed by atoms with Gasteiger partial charge >= 0.3 is 0 Å². The fourth-order valence-corrected chi connectivity index (χ4v) is 2.14. The number of aromatic nitrogens is 2. The van der Waals surface area contributed by atoms with Crippen LogP contribution in [0.2, 0.25) is 0 Å². The normalized spacial score (nSPS) is 20.4. The smallest absolute Gasteiger partial charge is 0.0630 e. The Morgan fingerprint density at radius 3 is 2.80 bits per heavy atom. The minimum atomic E-state index is -0.00734. The Labute approximate surface area is 89.9 Å². The van der Waals surface area contributed by atoms with Crippen LogP contribution in [0.1, 0.15) is 18.5 Å². The van der Waals surface area contributed by atoms with E-state index in [1.807, 2.05) is 19.3 Å². The highest BCUT2D eigenvalue weighted by atomic mass is 16.5. The molecule has 0 bridgehead atoms. The summed E-state index contributed by atoms with van der Waals surface area (Å²) in [5, 5.41) is 13.9. The number of rotatable bonds is 3. The molecule has 0 spiro atoms. The standard InChI is InChI=1S/C11H18N2O2/c1-13-5-2-10(12-13)8-11(9-14)3-6-15-7-4-11/h2,5,14H,3-4,6-9H2,1H3. The van der Waals surface area contributed by atoms with Crippen molar-refractivity contribution in [1.82, 2.24) is 9.78 Å². The summed E-state index contributed by atoms with van der Waals surface area (Å²) in [4.78, 5) is 0. The first-order valence-corrected chi connectivity index (χ1v) is 5.41. The summed E-state index contributed by atoms with van der Waals surface area (Å²) in [6.45, 7) is 1.74. The highest BCUT2D eigenvalue weighted by Gasteiger charge is 2.32. The van der Waals surface area contributed by atoms with E-state index in [2.05, 4.69) is 5.10 Å². The lowest BCUT2D eigenvalue weighted by atomic mass is 9.77. The van der Waals surface area contributed by atoms with Crippen LogP contribution >= 0.6 is 0 Å². The molecule has 2 heterocycles. The third kappa shape index (κ3) is 2.38. The molecule has 0 radical (unpaired) electrons. The first-order valence-electron chi connectivity index (χ1n) is 5.41. The molecule has 1 aromatic rings. The van der Waals surface area contributed by atoms with Gasteiger partial charge in [-0.3, -0.25) is 4.68 Å². The van der Waals surface area contributed by atoms with Gasteiger partial charge in [0, 0.05) is 38.5 Å². The molecular weight excluding hydrogens is 192 g/mol. The minimum Gasteiger partial charge on any atom is -0.396 e. The van der Waals surface area contributed by atoms with E-state index in [1.165, 1.54) is 0 Å². The van der Waals surface area contributed by atoms with Gasteiger partial charge < -0.3 is 9.84 Å². The van der Waals surface area contributed by atoms with Gasteiger partial charge in [-0.15, -0.1) is 0 Å². The zero-order valence-electron chi connectivity index (χ0n) is 9.15. The van der Waals surface area contributed by atoms with Crippen molar-refractivity contribution in [1.29, 1.82) is 0 Å². The Balaban J connectivity index is 2.06. The molecule has 4 nitrogen and oxygen atoms in total. The van der Waals surface area contributed by atoms with Crippen LogP contribution in [0.4, 0.5) is 0 Å². The summed E-state index contributed by atoms with van der Waals surface area (Å²) in [6.07, 6.45) is 4.66. The molecule has 1 aliphatic rings. The molecule has 15 heavy (non-hydrogen) atoms. The predicted octanol–water partition coefficient (Wildman–Crippen LogP) is 0.752. The van der Waals surface area contributed by atoms with E-state index < -0.39 is 0 Å². The molecule has 2 rings (SSSR count). The molecule has 0 unspecified atom stereocenters. The first kappa shape index (κ1) is 10.6. The molecule has 1 aliphatic heterocycles. The van der Waals surface area contributed by atoms with Gasteiger partial charge in [0.25, 0.3) is 0 Å². The molecule has 1 aromatic heterocycles. The van der Waals surface area contributed by atoms with Crippen LogP contribution in [0.3, 0.4) is 0 Å². The van der Waals surface area contributed by atoms with Crippen molar-refractivity contribution < 1.29 is 9.84 Å². The van der Waals surface area contributed by atoms with Crippen molar-refractivity contribution in [2.45, 2.75) is 19.3 Å². The van der Waals surface area contributed by atoms with Crippen molar-refractivity contribution in [2.75, 3.05) is 19.8 Å². The lowest BCUT2D eigenvalue weighted by Gasteiger charge is -2.34. The summed E-state index contributed by atoms with van der Waals surface area (Å²) in [5.74, 6) is 0. The second-order valence-electron chi connectivity index (χ2n) is 4.43. The second-order valence-corrected chi connectivity index (χ2v) is 4.43. The van der Waals surface area contributed by atoms with Gasteiger partial charge in [0.15, 0.2) is 0 Å². The Morgan fingerprint density at radius 1 is 1.53 bits per heavy atom. The minimum absolute atomic E-state index is 0.00734. The summed E-state index contributed by atoms with van der Waals surface area (Å²) < 4.78 is 7.14. The first-order chi connectivity index (χ1) is 7.24. The number of aliphatic hydroxyl groups excluding tert-OH is 1. The van der Waals surface area contributed by atoms with Crippen LogP contribution in [-0.2, 0) is 18.2 Å². The van der Waals surface area contributed by atoms with Crippen LogP contribution in [0.15, 0.2) is 12.3 Å². The number of aryl methyl sites for hydroxylation is 1. The van der Waals surface area contributed by atoms with E-state index in [1.54, 1.807) is 4.68 Å². The van der Waals surface area contributed by atoms with Gasteiger partial charge in [-0.2, -0.15) is 5.10 Å². The number of nitrogens with zero attached hydrogens (tertiary/aromatic N) is 2. The number of hydrogen-bond donors (Lipinski definition) is 1. The molecule has 0 aromatic carbocycles. The number of aliphatic hydroxyl groups is 1. The summed E-state index contributed by atoms with van der Waals surface area (Å²) in [7, 11) is 1.92. The molecule has 0 amide bonds. The lowest BCUT2D eigenvalue weighted by Crippen LogP contribution is -2.35.